The topological polar surface area (TPSA) is 68.3 Å². The van der Waals surface area contributed by atoms with Gasteiger partial charge in [0.1, 0.15) is 10.6 Å². The number of anilines is 1. The number of ether oxygens (including phenoxy) is 1. The summed E-state index contributed by atoms with van der Waals surface area (Å²) in [7, 11) is 1.32. The number of esters is 1. The lowest BCUT2D eigenvalue weighted by molar-refractivity contribution is 0.0603. The molecule has 1 aliphatic carbocycles. The van der Waals surface area contributed by atoms with Gasteiger partial charge in [-0.3, -0.25) is 9.78 Å². The number of aromatic nitrogens is 1. The van der Waals surface area contributed by atoms with Gasteiger partial charge < -0.3 is 10.1 Å². The van der Waals surface area contributed by atoms with Crippen molar-refractivity contribution in [2.45, 2.75) is 19.3 Å². The van der Waals surface area contributed by atoms with E-state index in [1.54, 1.807) is 24.3 Å². The fraction of sp³-hybridized carbons (Fsp3) is 0.160. The second-order valence-corrected chi connectivity index (χ2v) is 9.49. The monoisotopic (exact) mass is 496 g/mol. The molecule has 0 spiro atoms. The molecule has 0 radical (unpaired) electrons. The molecule has 8 heteroatoms. The van der Waals surface area contributed by atoms with Crippen molar-refractivity contribution in [1.82, 2.24) is 4.98 Å². The molecule has 1 aliphatic rings. The third-order valence-corrected chi connectivity index (χ3v) is 7.15. The number of rotatable bonds is 4. The van der Waals surface area contributed by atoms with Crippen molar-refractivity contribution >= 4 is 62.3 Å². The Morgan fingerprint density at radius 2 is 1.79 bits per heavy atom. The number of nitrogens with zero attached hydrogens (tertiary/aromatic N) is 1. The Balaban J connectivity index is 1.60. The Kier molecular flexibility index (Phi) is 5.83. The van der Waals surface area contributed by atoms with E-state index in [0.717, 1.165) is 41.6 Å². The second-order valence-electron chi connectivity index (χ2n) is 7.73. The second kappa shape index (κ2) is 8.78. The predicted octanol–water partition coefficient (Wildman–Crippen LogP) is 6.80. The summed E-state index contributed by atoms with van der Waals surface area (Å²) in [6.07, 6.45) is 2.55. The Hall–Kier alpha value is -2.93. The number of nitrogens with one attached hydrogen (secondary N) is 1. The van der Waals surface area contributed by atoms with E-state index in [-0.39, 0.29) is 5.91 Å². The summed E-state index contributed by atoms with van der Waals surface area (Å²) in [6, 6.07) is 12.5. The number of pyridine rings is 1. The lowest BCUT2D eigenvalue weighted by atomic mass is 10.00. The van der Waals surface area contributed by atoms with Crippen LogP contribution in [0.2, 0.25) is 10.0 Å². The minimum Gasteiger partial charge on any atom is -0.465 e. The molecule has 0 bridgehead atoms. The number of amides is 1. The molecule has 0 unspecified atom stereocenters. The van der Waals surface area contributed by atoms with Gasteiger partial charge >= 0.3 is 5.97 Å². The van der Waals surface area contributed by atoms with E-state index in [2.05, 4.69) is 5.32 Å². The van der Waals surface area contributed by atoms with Crippen LogP contribution in [0.15, 0.2) is 47.8 Å². The van der Waals surface area contributed by atoms with Crippen LogP contribution < -0.4 is 5.32 Å². The Morgan fingerprint density at radius 1 is 1.03 bits per heavy atom. The van der Waals surface area contributed by atoms with Crippen molar-refractivity contribution in [1.29, 1.82) is 0 Å². The minimum atomic E-state index is -0.524. The van der Waals surface area contributed by atoms with E-state index < -0.39 is 5.97 Å². The number of halogens is 2. The van der Waals surface area contributed by atoms with E-state index in [1.165, 1.54) is 18.4 Å². The van der Waals surface area contributed by atoms with E-state index in [4.69, 9.17) is 32.9 Å². The van der Waals surface area contributed by atoms with Gasteiger partial charge in [0, 0.05) is 32.1 Å². The summed E-state index contributed by atoms with van der Waals surface area (Å²) in [4.78, 5) is 31.0. The molecule has 0 saturated carbocycles. The molecule has 1 N–H and O–H groups in total. The molecule has 0 atom stereocenters. The van der Waals surface area contributed by atoms with Gasteiger partial charge in [-0.1, -0.05) is 35.3 Å². The van der Waals surface area contributed by atoms with Gasteiger partial charge in [-0.2, -0.15) is 0 Å². The zero-order chi connectivity index (χ0) is 23.1. The zero-order valence-corrected chi connectivity index (χ0v) is 19.9. The van der Waals surface area contributed by atoms with Crippen molar-refractivity contribution < 1.29 is 14.3 Å². The molecule has 4 aromatic rings. The highest BCUT2D eigenvalue weighted by Gasteiger charge is 2.27. The predicted molar refractivity (Wildman–Crippen MR) is 133 cm³/mol. The van der Waals surface area contributed by atoms with Crippen LogP contribution in [0, 0.1) is 0 Å². The summed E-state index contributed by atoms with van der Waals surface area (Å²) in [6.45, 7) is 0. The molecule has 0 aliphatic heterocycles. The first-order valence-electron chi connectivity index (χ1n) is 10.3. The maximum Gasteiger partial charge on any atom is 0.341 e. The lowest BCUT2D eigenvalue weighted by Crippen LogP contribution is -2.17. The lowest BCUT2D eigenvalue weighted by Gasteiger charge is -2.13. The standard InChI is InChI=1S/C25H18Cl2N2O3S/c1-32-25(31)22-18(13-5-7-14(26)8-6-13)12-33-24(22)29-23(30)21-16-3-2-4-19(16)28-20-10-9-15(27)11-17(20)21/h5-12H,2-4H2,1H3,(H,29,30). The third kappa shape index (κ3) is 3.99. The van der Waals surface area contributed by atoms with Crippen LogP contribution in [0.4, 0.5) is 5.00 Å². The number of thiophene rings is 1. The van der Waals surface area contributed by atoms with Gasteiger partial charge in [-0.15, -0.1) is 11.3 Å². The van der Waals surface area contributed by atoms with Crippen molar-refractivity contribution in [3.05, 3.63) is 80.3 Å². The van der Waals surface area contributed by atoms with Gasteiger partial charge in [0.25, 0.3) is 5.91 Å². The highest BCUT2D eigenvalue weighted by atomic mass is 35.5. The summed E-state index contributed by atoms with van der Waals surface area (Å²) < 4.78 is 5.03. The summed E-state index contributed by atoms with van der Waals surface area (Å²) in [5.41, 5.74) is 4.96. The number of benzene rings is 2. The molecule has 1 amide bonds. The molecule has 0 saturated heterocycles. The summed E-state index contributed by atoms with van der Waals surface area (Å²) in [5, 5.41) is 7.06. The maximum absolute atomic E-state index is 13.6. The molecule has 2 aromatic heterocycles. The van der Waals surface area contributed by atoms with Crippen LogP contribution in [0.1, 0.15) is 38.4 Å². The number of aryl methyl sites for hydroxylation is 1. The largest absolute Gasteiger partial charge is 0.465 e. The number of carbonyl (C=O) groups excluding carboxylic acids is 2. The van der Waals surface area contributed by atoms with Crippen molar-refractivity contribution in [3.63, 3.8) is 0 Å². The van der Waals surface area contributed by atoms with Crippen molar-refractivity contribution in [3.8, 4) is 11.1 Å². The number of fused-ring (bicyclic) bond motifs is 2. The molecular formula is C25H18Cl2N2O3S. The number of carbonyl (C=O) groups is 2. The number of hydrogen-bond donors (Lipinski definition) is 1. The first kappa shape index (κ1) is 21.9. The molecule has 5 nitrogen and oxygen atoms in total. The first-order valence-corrected chi connectivity index (χ1v) is 12.0. The SMILES string of the molecule is COC(=O)c1c(-c2ccc(Cl)cc2)csc1NC(=O)c1c2c(nc3ccc(Cl)cc13)CCC2. The summed E-state index contributed by atoms with van der Waals surface area (Å²) >= 11 is 13.5. The third-order valence-electron chi connectivity index (χ3n) is 5.76. The molecular weight excluding hydrogens is 479 g/mol. The molecule has 0 fully saturated rings. The quantitative estimate of drug-likeness (QED) is 0.315. The van der Waals surface area contributed by atoms with Crippen LogP contribution in [-0.4, -0.2) is 24.0 Å². The van der Waals surface area contributed by atoms with Gasteiger partial charge in [-0.05, 0) is 60.7 Å². The van der Waals surface area contributed by atoms with Crippen LogP contribution >= 0.6 is 34.5 Å². The van der Waals surface area contributed by atoms with Crippen LogP contribution in [0.3, 0.4) is 0 Å². The van der Waals surface area contributed by atoms with E-state index in [9.17, 15) is 9.59 Å². The average molecular weight is 497 g/mol. The molecule has 2 heterocycles. The molecule has 5 rings (SSSR count). The van der Waals surface area contributed by atoms with Crippen molar-refractivity contribution in [2.24, 2.45) is 0 Å². The van der Waals surface area contributed by atoms with Gasteiger partial charge in [-0.25, -0.2) is 4.79 Å². The van der Waals surface area contributed by atoms with Crippen LogP contribution in [0.25, 0.3) is 22.0 Å². The van der Waals surface area contributed by atoms with Gasteiger partial charge in [0.2, 0.25) is 0 Å². The molecule has 166 valence electrons. The van der Waals surface area contributed by atoms with E-state index in [1.807, 2.05) is 23.6 Å². The minimum absolute atomic E-state index is 0.294. The highest BCUT2D eigenvalue weighted by molar-refractivity contribution is 7.15. The highest BCUT2D eigenvalue weighted by Crippen LogP contribution is 2.38. The summed E-state index contributed by atoms with van der Waals surface area (Å²) in [5.74, 6) is -0.818. The Morgan fingerprint density at radius 3 is 2.55 bits per heavy atom. The average Bonchev–Trinajstić information content (AvgIpc) is 3.44. The number of methoxy groups -OCH3 is 1. The molecule has 33 heavy (non-hydrogen) atoms. The van der Waals surface area contributed by atoms with E-state index in [0.29, 0.717) is 37.1 Å². The Labute approximate surface area is 204 Å². The van der Waals surface area contributed by atoms with E-state index >= 15 is 0 Å². The smallest absolute Gasteiger partial charge is 0.341 e. The fourth-order valence-corrected chi connectivity index (χ4v) is 5.51. The van der Waals surface area contributed by atoms with Crippen LogP contribution in [-0.2, 0) is 17.6 Å². The zero-order valence-electron chi connectivity index (χ0n) is 17.6. The first-order chi connectivity index (χ1) is 16.0. The normalized spacial score (nSPS) is 12.6. The van der Waals surface area contributed by atoms with Gasteiger partial charge in [0.15, 0.2) is 0 Å². The van der Waals surface area contributed by atoms with Crippen molar-refractivity contribution in [2.75, 3.05) is 12.4 Å². The van der Waals surface area contributed by atoms with Gasteiger partial charge in [0.05, 0.1) is 18.2 Å². The number of hydrogen-bond acceptors (Lipinski definition) is 5. The fourth-order valence-electron chi connectivity index (χ4n) is 4.26. The maximum atomic E-state index is 13.6. The van der Waals surface area contributed by atoms with Crippen LogP contribution in [0.5, 0.6) is 0 Å². The molecule has 2 aromatic carbocycles. The Bertz CT molecular complexity index is 1410.